The molecule has 0 radical (unpaired) electrons. The highest BCUT2D eigenvalue weighted by molar-refractivity contribution is 6.01. The van der Waals surface area contributed by atoms with Crippen molar-refractivity contribution in [1.29, 1.82) is 0 Å². The molecule has 0 aliphatic carbocycles. The van der Waals surface area contributed by atoms with Crippen LogP contribution in [0.5, 0.6) is 0 Å². The summed E-state index contributed by atoms with van der Waals surface area (Å²) < 4.78 is 13.5. The van der Waals surface area contributed by atoms with Gasteiger partial charge in [0.05, 0.1) is 18.5 Å². The number of aliphatic hydroxyl groups is 1. The van der Waals surface area contributed by atoms with E-state index in [1.165, 1.54) is 11.0 Å². The van der Waals surface area contributed by atoms with Crippen LogP contribution in [0.1, 0.15) is 34.3 Å². The fourth-order valence-corrected chi connectivity index (χ4v) is 3.23. The third kappa shape index (κ3) is 3.70. The number of aliphatic carboxylic acids is 1. The SMILES string of the molecule is NC(=O)C(CCC(=O)O)N1Cc2cc(-c3cc(CO)c(F)cn3)ccc2C1=O. The first-order valence-corrected chi connectivity index (χ1v) is 8.52. The normalized spacial score (nSPS) is 14.1. The number of benzene rings is 1. The first-order chi connectivity index (χ1) is 13.3. The summed E-state index contributed by atoms with van der Waals surface area (Å²) in [6, 6.07) is 5.31. The van der Waals surface area contributed by atoms with Crippen LogP contribution in [0.25, 0.3) is 11.3 Å². The molecule has 28 heavy (non-hydrogen) atoms. The molecule has 1 aliphatic rings. The van der Waals surface area contributed by atoms with Crippen molar-refractivity contribution in [2.45, 2.75) is 32.0 Å². The molecule has 1 atom stereocenters. The number of halogens is 1. The Kier molecular flexibility index (Phi) is 5.36. The number of aromatic nitrogens is 1. The summed E-state index contributed by atoms with van der Waals surface area (Å²) >= 11 is 0. The van der Waals surface area contributed by atoms with Gasteiger partial charge in [0.15, 0.2) is 0 Å². The molecule has 2 amide bonds. The zero-order chi connectivity index (χ0) is 20.4. The predicted octanol–water partition coefficient (Wildman–Crippen LogP) is 1.05. The van der Waals surface area contributed by atoms with E-state index in [0.717, 1.165) is 6.20 Å². The van der Waals surface area contributed by atoms with Crippen LogP contribution in [0.3, 0.4) is 0 Å². The van der Waals surface area contributed by atoms with Gasteiger partial charge in [0.25, 0.3) is 5.91 Å². The summed E-state index contributed by atoms with van der Waals surface area (Å²) in [6.45, 7) is -0.369. The lowest BCUT2D eigenvalue weighted by atomic mass is 10.0. The molecule has 1 unspecified atom stereocenters. The maximum Gasteiger partial charge on any atom is 0.303 e. The highest BCUT2D eigenvalue weighted by Gasteiger charge is 2.35. The van der Waals surface area contributed by atoms with Gasteiger partial charge in [0.1, 0.15) is 11.9 Å². The van der Waals surface area contributed by atoms with Crippen LogP contribution in [0.2, 0.25) is 0 Å². The molecule has 0 fully saturated rings. The van der Waals surface area contributed by atoms with Crippen LogP contribution >= 0.6 is 0 Å². The van der Waals surface area contributed by atoms with E-state index in [-0.39, 0.29) is 24.9 Å². The largest absolute Gasteiger partial charge is 0.481 e. The summed E-state index contributed by atoms with van der Waals surface area (Å²) in [7, 11) is 0. The van der Waals surface area contributed by atoms with Crippen molar-refractivity contribution in [2.24, 2.45) is 5.73 Å². The fourth-order valence-electron chi connectivity index (χ4n) is 3.23. The number of carboxylic acids is 1. The zero-order valence-electron chi connectivity index (χ0n) is 14.8. The van der Waals surface area contributed by atoms with Gasteiger partial charge in [0, 0.05) is 29.7 Å². The van der Waals surface area contributed by atoms with Gasteiger partial charge < -0.3 is 20.8 Å². The van der Waals surface area contributed by atoms with Crippen molar-refractivity contribution in [2.75, 3.05) is 0 Å². The van der Waals surface area contributed by atoms with Gasteiger partial charge in [-0.05, 0) is 30.2 Å². The molecule has 2 heterocycles. The number of carbonyl (C=O) groups is 3. The lowest BCUT2D eigenvalue weighted by Gasteiger charge is -2.24. The number of primary amides is 1. The molecule has 1 aliphatic heterocycles. The van der Waals surface area contributed by atoms with E-state index in [9.17, 15) is 23.9 Å². The van der Waals surface area contributed by atoms with Gasteiger partial charge >= 0.3 is 5.97 Å². The number of carbonyl (C=O) groups excluding carboxylic acids is 2. The maximum atomic E-state index is 13.5. The third-order valence-electron chi connectivity index (χ3n) is 4.67. The van der Waals surface area contributed by atoms with Crippen molar-refractivity contribution in [3.8, 4) is 11.3 Å². The number of nitrogens with zero attached hydrogens (tertiary/aromatic N) is 2. The molecule has 0 saturated carbocycles. The van der Waals surface area contributed by atoms with Crippen molar-refractivity contribution < 1.29 is 29.0 Å². The van der Waals surface area contributed by atoms with Gasteiger partial charge in [-0.15, -0.1) is 0 Å². The fraction of sp³-hybridized carbons (Fsp3) is 0.263. The molecular weight excluding hydrogens is 369 g/mol. The number of pyridine rings is 1. The number of nitrogens with two attached hydrogens (primary N) is 1. The number of hydrogen-bond acceptors (Lipinski definition) is 5. The highest BCUT2D eigenvalue weighted by atomic mass is 19.1. The number of hydrogen-bond donors (Lipinski definition) is 3. The molecule has 1 aromatic carbocycles. The van der Waals surface area contributed by atoms with E-state index in [0.29, 0.717) is 22.4 Å². The van der Waals surface area contributed by atoms with Gasteiger partial charge in [-0.2, -0.15) is 0 Å². The first-order valence-electron chi connectivity index (χ1n) is 8.52. The van der Waals surface area contributed by atoms with Crippen LogP contribution in [-0.2, 0) is 22.7 Å². The molecule has 0 saturated heterocycles. The molecule has 0 spiro atoms. The Morgan fingerprint density at radius 2 is 2.07 bits per heavy atom. The minimum Gasteiger partial charge on any atom is -0.481 e. The second kappa shape index (κ2) is 7.73. The molecule has 1 aromatic heterocycles. The molecule has 3 rings (SSSR count). The summed E-state index contributed by atoms with van der Waals surface area (Å²) in [5.74, 6) is -2.87. The van der Waals surface area contributed by atoms with Crippen molar-refractivity contribution in [3.63, 3.8) is 0 Å². The quantitative estimate of drug-likeness (QED) is 0.650. The maximum absolute atomic E-state index is 13.5. The monoisotopic (exact) mass is 387 g/mol. The van der Waals surface area contributed by atoms with Crippen LogP contribution < -0.4 is 5.73 Å². The van der Waals surface area contributed by atoms with Crippen molar-refractivity contribution in [3.05, 3.63) is 53.0 Å². The summed E-state index contributed by atoms with van der Waals surface area (Å²) in [5.41, 5.74) is 7.53. The Bertz CT molecular complexity index is 963. The predicted molar refractivity (Wildman–Crippen MR) is 95.3 cm³/mol. The Labute approximate surface area is 159 Å². The Morgan fingerprint density at radius 1 is 1.32 bits per heavy atom. The van der Waals surface area contributed by atoms with Gasteiger partial charge in [-0.25, -0.2) is 4.39 Å². The molecule has 9 heteroatoms. The van der Waals surface area contributed by atoms with E-state index in [1.54, 1.807) is 18.2 Å². The third-order valence-corrected chi connectivity index (χ3v) is 4.67. The van der Waals surface area contributed by atoms with E-state index >= 15 is 0 Å². The van der Waals surface area contributed by atoms with Crippen molar-refractivity contribution in [1.82, 2.24) is 9.88 Å². The first kappa shape index (κ1) is 19.4. The van der Waals surface area contributed by atoms with E-state index in [2.05, 4.69) is 4.98 Å². The molecule has 8 nitrogen and oxygen atoms in total. The number of rotatable bonds is 7. The number of amides is 2. The van der Waals surface area contributed by atoms with Crippen LogP contribution in [0.4, 0.5) is 4.39 Å². The smallest absolute Gasteiger partial charge is 0.303 e. The van der Waals surface area contributed by atoms with Crippen LogP contribution in [-0.4, -0.2) is 43.9 Å². The van der Waals surface area contributed by atoms with E-state index in [4.69, 9.17) is 10.8 Å². The van der Waals surface area contributed by atoms with Gasteiger partial charge in [-0.1, -0.05) is 6.07 Å². The van der Waals surface area contributed by atoms with E-state index < -0.39 is 36.2 Å². The Balaban J connectivity index is 1.89. The zero-order valence-corrected chi connectivity index (χ0v) is 14.8. The van der Waals surface area contributed by atoms with Crippen LogP contribution in [0.15, 0.2) is 30.5 Å². The van der Waals surface area contributed by atoms with E-state index in [1.807, 2.05) is 0 Å². The number of aliphatic hydroxyl groups excluding tert-OH is 1. The van der Waals surface area contributed by atoms with Crippen LogP contribution in [0, 0.1) is 5.82 Å². The Hall–Kier alpha value is -3.33. The molecule has 4 N–H and O–H groups in total. The van der Waals surface area contributed by atoms with Gasteiger partial charge in [-0.3, -0.25) is 19.4 Å². The van der Waals surface area contributed by atoms with Gasteiger partial charge in [0.2, 0.25) is 5.91 Å². The number of fused-ring (bicyclic) bond motifs is 1. The second-order valence-corrected chi connectivity index (χ2v) is 6.47. The summed E-state index contributed by atoms with van der Waals surface area (Å²) in [6.07, 6.45) is 0.652. The standard InChI is InChI=1S/C19H18FN3O5/c20-14-7-22-15(6-12(14)9-24)10-1-2-13-11(5-10)8-23(19(13)28)16(18(21)27)3-4-17(25)26/h1-2,5-7,16,24H,3-4,8-9H2,(H2,21,27)(H,25,26). The molecule has 2 aromatic rings. The minimum absolute atomic E-state index is 0.0728. The average Bonchev–Trinajstić information content (AvgIpc) is 2.97. The number of carboxylic acid groups (broad SMARTS) is 1. The molecule has 146 valence electrons. The second-order valence-electron chi connectivity index (χ2n) is 6.47. The lowest BCUT2D eigenvalue weighted by Crippen LogP contribution is -2.45. The highest BCUT2D eigenvalue weighted by Crippen LogP contribution is 2.30. The molecule has 0 bridgehead atoms. The summed E-state index contributed by atoms with van der Waals surface area (Å²) in [5, 5.41) is 18.1. The van der Waals surface area contributed by atoms with Crippen molar-refractivity contribution >= 4 is 17.8 Å². The average molecular weight is 387 g/mol. The topological polar surface area (TPSA) is 134 Å². The Morgan fingerprint density at radius 3 is 2.71 bits per heavy atom. The molecular formula is C19H18FN3O5. The minimum atomic E-state index is -1.08. The lowest BCUT2D eigenvalue weighted by molar-refractivity contribution is -0.137. The summed E-state index contributed by atoms with van der Waals surface area (Å²) in [4.78, 5) is 40.5.